The van der Waals surface area contributed by atoms with Gasteiger partial charge in [-0.1, -0.05) is 41.4 Å². The number of halogens is 2. The number of rotatable bonds is 5. The number of aromatic nitrogens is 1. The number of anilines is 1. The van der Waals surface area contributed by atoms with Crippen molar-refractivity contribution in [2.24, 2.45) is 0 Å². The Morgan fingerprint density at radius 2 is 1.78 bits per heavy atom. The van der Waals surface area contributed by atoms with Crippen LogP contribution in [-0.4, -0.2) is 28.4 Å². The van der Waals surface area contributed by atoms with Gasteiger partial charge in [-0.3, -0.25) is 14.5 Å². The van der Waals surface area contributed by atoms with Gasteiger partial charge in [-0.05, 0) is 62.4 Å². The third kappa shape index (κ3) is 3.92. The number of carbonyl (C=O) groups excluding carboxylic acids is 2. The van der Waals surface area contributed by atoms with Crippen molar-refractivity contribution in [2.75, 3.05) is 11.5 Å². The van der Waals surface area contributed by atoms with Gasteiger partial charge >= 0.3 is 0 Å². The molecule has 0 spiro atoms. The number of aryl methyl sites for hydroxylation is 1. The number of benzene rings is 3. The summed E-state index contributed by atoms with van der Waals surface area (Å²) in [7, 11) is 0. The van der Waals surface area contributed by atoms with E-state index in [1.807, 2.05) is 38.1 Å². The van der Waals surface area contributed by atoms with E-state index >= 15 is 0 Å². The number of ether oxygens (including phenoxy) is 1. The second-order valence-electron chi connectivity index (χ2n) is 8.43. The highest BCUT2D eigenvalue weighted by molar-refractivity contribution is 6.52. The minimum atomic E-state index is -0.881. The summed E-state index contributed by atoms with van der Waals surface area (Å²) in [6.07, 6.45) is 0. The summed E-state index contributed by atoms with van der Waals surface area (Å²) >= 11 is 12.3. The van der Waals surface area contributed by atoms with E-state index in [1.165, 1.54) is 4.90 Å². The van der Waals surface area contributed by atoms with Crippen LogP contribution in [0.2, 0.25) is 10.0 Å². The summed E-state index contributed by atoms with van der Waals surface area (Å²) in [4.78, 5) is 31.7. The van der Waals surface area contributed by atoms with E-state index in [0.717, 1.165) is 22.2 Å². The number of fused-ring (bicyclic) bond motifs is 1. The zero-order chi connectivity index (χ0) is 25.6. The molecule has 1 unspecified atom stereocenters. The molecule has 8 heteroatoms. The van der Waals surface area contributed by atoms with Crippen molar-refractivity contribution in [2.45, 2.75) is 19.9 Å². The lowest BCUT2D eigenvalue weighted by atomic mass is 9.93. The first kappa shape index (κ1) is 24.0. The average Bonchev–Trinajstić information content (AvgIpc) is 3.33. The number of Topliss-reactive ketones (excluding diaryl/α,β-unsaturated/α-hetero) is 1. The van der Waals surface area contributed by atoms with Crippen molar-refractivity contribution in [3.63, 3.8) is 0 Å². The van der Waals surface area contributed by atoms with Gasteiger partial charge < -0.3 is 14.8 Å². The molecule has 36 heavy (non-hydrogen) atoms. The summed E-state index contributed by atoms with van der Waals surface area (Å²) in [5.74, 6) is -1.47. The van der Waals surface area contributed by atoms with Gasteiger partial charge in [-0.2, -0.15) is 0 Å². The van der Waals surface area contributed by atoms with Crippen LogP contribution in [0.4, 0.5) is 5.69 Å². The number of carbonyl (C=O) groups is 2. The quantitative estimate of drug-likeness (QED) is 0.172. The number of para-hydroxylation sites is 1. The molecule has 0 aliphatic carbocycles. The summed E-state index contributed by atoms with van der Waals surface area (Å²) < 4.78 is 5.57. The van der Waals surface area contributed by atoms with E-state index in [1.54, 1.807) is 42.5 Å². The summed E-state index contributed by atoms with van der Waals surface area (Å²) in [5.41, 5.74) is 3.14. The smallest absolute Gasteiger partial charge is 0.300 e. The van der Waals surface area contributed by atoms with Gasteiger partial charge in [0, 0.05) is 38.4 Å². The van der Waals surface area contributed by atoms with E-state index in [-0.39, 0.29) is 11.3 Å². The Bertz CT molecular complexity index is 1540. The molecule has 2 heterocycles. The highest BCUT2D eigenvalue weighted by Crippen LogP contribution is 2.46. The normalized spacial score (nSPS) is 17.2. The first-order valence-electron chi connectivity index (χ1n) is 11.4. The molecule has 1 atom stereocenters. The topological polar surface area (TPSA) is 82.6 Å². The Kier molecular flexibility index (Phi) is 6.24. The third-order valence-corrected chi connectivity index (χ3v) is 6.83. The molecule has 1 aliphatic rings. The second kappa shape index (κ2) is 9.37. The Morgan fingerprint density at radius 3 is 2.50 bits per heavy atom. The van der Waals surface area contributed by atoms with Crippen LogP contribution in [0.5, 0.6) is 5.75 Å². The maximum Gasteiger partial charge on any atom is 0.300 e. The molecule has 1 saturated heterocycles. The zero-order valence-electron chi connectivity index (χ0n) is 19.5. The highest BCUT2D eigenvalue weighted by atomic mass is 35.5. The monoisotopic (exact) mass is 520 g/mol. The largest absolute Gasteiger partial charge is 0.507 e. The van der Waals surface area contributed by atoms with Crippen molar-refractivity contribution in [1.29, 1.82) is 0 Å². The minimum absolute atomic E-state index is 0.0208. The lowest BCUT2D eigenvalue weighted by molar-refractivity contribution is -0.132. The summed E-state index contributed by atoms with van der Waals surface area (Å²) in [5, 5.41) is 13.2. The van der Waals surface area contributed by atoms with E-state index in [0.29, 0.717) is 33.7 Å². The molecule has 182 valence electrons. The molecule has 1 aliphatic heterocycles. The van der Waals surface area contributed by atoms with Gasteiger partial charge in [-0.25, -0.2) is 0 Å². The molecule has 0 saturated carbocycles. The van der Waals surface area contributed by atoms with Gasteiger partial charge in [0.25, 0.3) is 11.7 Å². The molecular formula is C28H22Cl2N2O4. The molecule has 3 aromatic carbocycles. The van der Waals surface area contributed by atoms with Crippen LogP contribution >= 0.6 is 23.2 Å². The number of hydrogen-bond donors (Lipinski definition) is 2. The van der Waals surface area contributed by atoms with E-state index in [9.17, 15) is 14.7 Å². The Balaban J connectivity index is 1.79. The summed E-state index contributed by atoms with van der Waals surface area (Å²) in [6.45, 7) is 4.08. The molecule has 1 amide bonds. The third-order valence-electron chi connectivity index (χ3n) is 6.27. The number of nitrogens with zero attached hydrogens (tertiary/aromatic N) is 1. The predicted molar refractivity (Wildman–Crippen MR) is 142 cm³/mol. The first-order valence-corrected chi connectivity index (χ1v) is 12.1. The summed E-state index contributed by atoms with van der Waals surface area (Å²) in [6, 6.07) is 18.2. The van der Waals surface area contributed by atoms with E-state index in [4.69, 9.17) is 27.9 Å². The lowest BCUT2D eigenvalue weighted by Gasteiger charge is -2.26. The van der Waals surface area contributed by atoms with Crippen molar-refractivity contribution >= 4 is 57.2 Å². The maximum absolute atomic E-state index is 13.5. The Morgan fingerprint density at radius 1 is 1.06 bits per heavy atom. The molecular weight excluding hydrogens is 499 g/mol. The molecule has 0 bridgehead atoms. The number of nitrogens with one attached hydrogen (secondary N) is 1. The number of aliphatic hydroxyl groups excluding tert-OH is 1. The van der Waals surface area contributed by atoms with Crippen LogP contribution in [0.25, 0.3) is 16.7 Å². The highest BCUT2D eigenvalue weighted by Gasteiger charge is 2.48. The predicted octanol–water partition coefficient (Wildman–Crippen LogP) is 6.81. The Hall–Kier alpha value is -3.74. The number of amides is 1. The van der Waals surface area contributed by atoms with Crippen molar-refractivity contribution in [3.05, 3.63) is 99.2 Å². The van der Waals surface area contributed by atoms with Gasteiger partial charge in [-0.15, -0.1) is 0 Å². The van der Waals surface area contributed by atoms with Crippen molar-refractivity contribution < 1.29 is 19.4 Å². The number of ketones is 1. The molecule has 5 rings (SSSR count). The number of hydrogen-bond acceptors (Lipinski definition) is 4. The second-order valence-corrected chi connectivity index (χ2v) is 9.28. The first-order chi connectivity index (χ1) is 17.3. The fourth-order valence-electron chi connectivity index (χ4n) is 4.70. The molecule has 2 N–H and O–H groups in total. The van der Waals surface area contributed by atoms with Crippen LogP contribution in [0.3, 0.4) is 0 Å². The van der Waals surface area contributed by atoms with Gasteiger partial charge in [0.2, 0.25) is 0 Å². The van der Waals surface area contributed by atoms with Crippen LogP contribution < -0.4 is 9.64 Å². The van der Waals surface area contributed by atoms with Crippen molar-refractivity contribution in [3.8, 4) is 5.75 Å². The average molecular weight is 521 g/mol. The number of aromatic amines is 1. The number of H-pyrrole nitrogens is 1. The lowest BCUT2D eigenvalue weighted by Crippen LogP contribution is -2.29. The molecule has 6 nitrogen and oxygen atoms in total. The molecule has 4 aromatic rings. The SMILES string of the molecule is CCOc1cc(/C(O)=C2\C(=O)C(=O)N(c3ccc(Cl)cc3)C2c2c(C)[nH]c3ccccc23)ccc1Cl. The Labute approximate surface area is 217 Å². The maximum atomic E-state index is 13.5. The van der Waals surface area contributed by atoms with Gasteiger partial charge in [0.05, 0.1) is 23.2 Å². The zero-order valence-corrected chi connectivity index (χ0v) is 21.0. The molecule has 0 radical (unpaired) electrons. The van der Waals surface area contributed by atoms with Crippen molar-refractivity contribution in [1.82, 2.24) is 4.98 Å². The van der Waals surface area contributed by atoms with Crippen LogP contribution in [0.1, 0.15) is 29.8 Å². The van der Waals surface area contributed by atoms with Gasteiger partial charge in [0.15, 0.2) is 0 Å². The van der Waals surface area contributed by atoms with Crippen LogP contribution in [0.15, 0.2) is 72.3 Å². The molecule has 1 fully saturated rings. The minimum Gasteiger partial charge on any atom is -0.507 e. The van der Waals surface area contributed by atoms with E-state index < -0.39 is 17.7 Å². The van der Waals surface area contributed by atoms with Crippen LogP contribution in [-0.2, 0) is 9.59 Å². The van der Waals surface area contributed by atoms with E-state index in [2.05, 4.69) is 4.98 Å². The fourth-order valence-corrected chi connectivity index (χ4v) is 4.99. The standard InChI is InChI=1S/C28H22Cl2N2O4/c1-3-36-22-14-16(8-13-20(22)30)26(33)24-25(23-15(2)31-21-7-5-4-6-19(21)23)32(28(35)27(24)34)18-11-9-17(29)10-12-18/h4-14,25,31,33H,3H2,1-2H3/b26-24+. The van der Waals surface area contributed by atoms with Crippen LogP contribution in [0, 0.1) is 6.92 Å². The fraction of sp³-hybridized carbons (Fsp3) is 0.143. The number of aliphatic hydroxyl groups is 1. The molecule has 1 aromatic heterocycles. The van der Waals surface area contributed by atoms with Gasteiger partial charge in [0.1, 0.15) is 11.5 Å².